The Kier molecular flexibility index (Phi) is 5.85. The second kappa shape index (κ2) is 5.77. The first-order valence-corrected chi connectivity index (χ1v) is 5.57. The number of halogens is 1. The van der Waals surface area contributed by atoms with E-state index in [-0.39, 0.29) is 0 Å². The quantitative estimate of drug-likeness (QED) is 0.478. The molecule has 0 saturated carbocycles. The topological polar surface area (TPSA) is 55.4 Å². The average Bonchev–Trinajstić information content (AvgIpc) is 1.85. The number of ether oxygens (including phenoxy) is 1. The lowest BCUT2D eigenvalue weighted by Gasteiger charge is -2.01. The molecule has 0 aliphatic rings. The summed E-state index contributed by atoms with van der Waals surface area (Å²) < 4.78 is 28.1. The van der Waals surface area contributed by atoms with Gasteiger partial charge in [0.15, 0.2) is 0 Å². The molecule has 0 unspecified atom stereocenters. The molecule has 0 heterocycles. The van der Waals surface area contributed by atoms with Crippen LogP contribution in [-0.2, 0) is 14.8 Å². The van der Waals surface area contributed by atoms with Gasteiger partial charge in [0.05, 0.1) is 19.5 Å². The average molecular weight is 202 g/mol. The molecule has 0 saturated heterocycles. The SMILES string of the molecule is CS(=O)(=O)NCCOCCCl. The van der Waals surface area contributed by atoms with Crippen molar-refractivity contribution in [1.82, 2.24) is 4.72 Å². The summed E-state index contributed by atoms with van der Waals surface area (Å²) in [6.07, 6.45) is 1.11. The van der Waals surface area contributed by atoms with Crippen LogP contribution in [0.3, 0.4) is 0 Å². The van der Waals surface area contributed by atoms with Crippen LogP contribution in [0.4, 0.5) is 0 Å². The highest BCUT2D eigenvalue weighted by Gasteiger charge is 1.97. The van der Waals surface area contributed by atoms with Gasteiger partial charge >= 0.3 is 0 Å². The molecule has 11 heavy (non-hydrogen) atoms. The van der Waals surface area contributed by atoms with Gasteiger partial charge in [0.25, 0.3) is 0 Å². The molecule has 0 atom stereocenters. The summed E-state index contributed by atoms with van der Waals surface area (Å²) >= 11 is 5.31. The van der Waals surface area contributed by atoms with Gasteiger partial charge in [-0.3, -0.25) is 0 Å². The predicted molar refractivity (Wildman–Crippen MR) is 44.4 cm³/mol. The number of hydrogen-bond acceptors (Lipinski definition) is 3. The summed E-state index contributed by atoms with van der Waals surface area (Å²) in [4.78, 5) is 0. The van der Waals surface area contributed by atoms with Crippen molar-refractivity contribution in [1.29, 1.82) is 0 Å². The Hall–Kier alpha value is 0.160. The zero-order valence-corrected chi connectivity index (χ0v) is 7.91. The van der Waals surface area contributed by atoms with E-state index in [1.807, 2.05) is 0 Å². The molecule has 0 radical (unpaired) electrons. The molecule has 0 aromatic heterocycles. The maximum absolute atomic E-state index is 10.5. The molecule has 0 fully saturated rings. The highest BCUT2D eigenvalue weighted by molar-refractivity contribution is 7.88. The van der Waals surface area contributed by atoms with Crippen molar-refractivity contribution in [2.45, 2.75) is 0 Å². The zero-order valence-electron chi connectivity index (χ0n) is 6.34. The molecule has 0 aromatic rings. The molecule has 0 aliphatic carbocycles. The molecule has 1 N–H and O–H groups in total. The molecule has 0 rings (SSSR count). The number of sulfonamides is 1. The van der Waals surface area contributed by atoms with Crippen molar-refractivity contribution in [3.05, 3.63) is 0 Å². The molecule has 0 bridgehead atoms. The summed E-state index contributed by atoms with van der Waals surface area (Å²) in [7, 11) is -3.07. The van der Waals surface area contributed by atoms with Crippen LogP contribution in [0.2, 0.25) is 0 Å². The Bertz CT molecular complexity index is 180. The Morgan fingerprint density at radius 1 is 1.45 bits per heavy atom. The second-order valence-electron chi connectivity index (χ2n) is 1.97. The van der Waals surface area contributed by atoms with Crippen LogP contribution < -0.4 is 4.72 Å². The van der Waals surface area contributed by atoms with Crippen LogP contribution in [0.5, 0.6) is 0 Å². The normalized spacial score (nSPS) is 11.8. The lowest BCUT2D eigenvalue weighted by atomic mass is 10.7. The van der Waals surface area contributed by atoms with Crippen molar-refractivity contribution in [2.24, 2.45) is 0 Å². The van der Waals surface area contributed by atoms with Crippen molar-refractivity contribution in [3.63, 3.8) is 0 Å². The van der Waals surface area contributed by atoms with Gasteiger partial charge in [-0.05, 0) is 0 Å². The maximum Gasteiger partial charge on any atom is 0.208 e. The Balaban J connectivity index is 3.16. The van der Waals surface area contributed by atoms with Gasteiger partial charge in [0, 0.05) is 12.4 Å². The third-order valence-electron chi connectivity index (χ3n) is 0.832. The van der Waals surface area contributed by atoms with E-state index in [0.29, 0.717) is 25.6 Å². The fraction of sp³-hybridized carbons (Fsp3) is 1.00. The van der Waals surface area contributed by atoms with Crippen LogP contribution in [-0.4, -0.2) is 40.3 Å². The summed E-state index contributed by atoms with van der Waals surface area (Å²) in [5, 5.41) is 0. The van der Waals surface area contributed by atoms with Crippen LogP contribution in [0, 0.1) is 0 Å². The number of rotatable bonds is 6. The minimum atomic E-state index is -3.07. The van der Waals surface area contributed by atoms with E-state index < -0.39 is 10.0 Å². The van der Waals surface area contributed by atoms with Gasteiger partial charge in [0.1, 0.15) is 0 Å². The Morgan fingerprint density at radius 2 is 2.09 bits per heavy atom. The maximum atomic E-state index is 10.5. The zero-order chi connectivity index (χ0) is 8.74. The third kappa shape index (κ3) is 10.2. The van der Waals surface area contributed by atoms with Crippen molar-refractivity contribution in [2.75, 3.05) is 31.9 Å². The number of nitrogens with one attached hydrogen (secondary N) is 1. The van der Waals surface area contributed by atoms with Crippen molar-refractivity contribution < 1.29 is 13.2 Å². The van der Waals surface area contributed by atoms with Crippen molar-refractivity contribution >= 4 is 21.6 Å². The molecule has 0 amide bonds. The predicted octanol–water partition coefficient (Wildman–Crippen LogP) is -0.209. The fourth-order valence-corrected chi connectivity index (χ4v) is 1.02. The first-order chi connectivity index (χ1) is 5.06. The van der Waals surface area contributed by atoms with Gasteiger partial charge in [-0.2, -0.15) is 0 Å². The van der Waals surface area contributed by atoms with E-state index in [2.05, 4.69) is 4.72 Å². The summed E-state index contributed by atoms with van der Waals surface area (Å²) in [6.45, 7) is 1.11. The van der Waals surface area contributed by atoms with Gasteiger partial charge in [-0.15, -0.1) is 11.6 Å². The third-order valence-corrected chi connectivity index (χ3v) is 1.71. The lowest BCUT2D eigenvalue weighted by Crippen LogP contribution is -2.26. The van der Waals surface area contributed by atoms with Crippen LogP contribution in [0.25, 0.3) is 0 Å². The van der Waals surface area contributed by atoms with Crippen LogP contribution in [0.1, 0.15) is 0 Å². The Morgan fingerprint density at radius 3 is 2.55 bits per heavy atom. The second-order valence-corrected chi connectivity index (χ2v) is 4.18. The van der Waals surface area contributed by atoms with E-state index in [4.69, 9.17) is 16.3 Å². The van der Waals surface area contributed by atoms with E-state index in [1.165, 1.54) is 0 Å². The standard InChI is InChI=1S/C5H12ClNO3S/c1-11(8,9)7-3-5-10-4-2-6/h7H,2-5H2,1H3. The fourth-order valence-electron chi connectivity index (χ4n) is 0.456. The van der Waals surface area contributed by atoms with E-state index in [1.54, 1.807) is 0 Å². The first kappa shape index (κ1) is 11.2. The van der Waals surface area contributed by atoms with E-state index >= 15 is 0 Å². The van der Waals surface area contributed by atoms with Gasteiger partial charge in [-0.1, -0.05) is 0 Å². The van der Waals surface area contributed by atoms with Crippen LogP contribution in [0.15, 0.2) is 0 Å². The van der Waals surface area contributed by atoms with E-state index in [9.17, 15) is 8.42 Å². The molecule has 4 nitrogen and oxygen atoms in total. The number of alkyl halides is 1. The number of hydrogen-bond donors (Lipinski definition) is 1. The lowest BCUT2D eigenvalue weighted by molar-refractivity contribution is 0.155. The van der Waals surface area contributed by atoms with Gasteiger partial charge in [-0.25, -0.2) is 13.1 Å². The molecular formula is C5H12ClNO3S. The molecule has 0 aliphatic heterocycles. The van der Waals surface area contributed by atoms with Gasteiger partial charge < -0.3 is 4.74 Å². The Labute approximate surface area is 71.9 Å². The van der Waals surface area contributed by atoms with Crippen molar-refractivity contribution in [3.8, 4) is 0 Å². The van der Waals surface area contributed by atoms with Crippen LogP contribution >= 0.6 is 11.6 Å². The first-order valence-electron chi connectivity index (χ1n) is 3.14. The largest absolute Gasteiger partial charge is 0.379 e. The molecule has 0 aromatic carbocycles. The minimum Gasteiger partial charge on any atom is -0.379 e. The highest BCUT2D eigenvalue weighted by Crippen LogP contribution is 1.78. The molecule has 0 spiro atoms. The monoisotopic (exact) mass is 201 g/mol. The van der Waals surface area contributed by atoms with E-state index in [0.717, 1.165) is 6.26 Å². The summed E-state index contributed by atoms with van der Waals surface area (Å²) in [6, 6.07) is 0. The summed E-state index contributed by atoms with van der Waals surface area (Å²) in [5.74, 6) is 0.429. The molecule has 6 heteroatoms. The summed E-state index contributed by atoms with van der Waals surface area (Å²) in [5.41, 5.74) is 0. The molecular weight excluding hydrogens is 190 g/mol. The highest BCUT2D eigenvalue weighted by atomic mass is 35.5. The van der Waals surface area contributed by atoms with Gasteiger partial charge in [0.2, 0.25) is 10.0 Å². The minimum absolute atomic E-state index is 0.301. The molecule has 68 valence electrons. The smallest absolute Gasteiger partial charge is 0.208 e.